The van der Waals surface area contributed by atoms with Gasteiger partial charge < -0.3 is 10.2 Å². The topological polar surface area (TPSA) is 49.4 Å². The van der Waals surface area contributed by atoms with Crippen LogP contribution >= 0.6 is 11.3 Å². The lowest BCUT2D eigenvalue weighted by Crippen LogP contribution is -2.26. The number of hydrogen-bond donors (Lipinski definition) is 1. The molecule has 7 heteroatoms. The molecule has 138 valence electrons. The number of amides is 2. The minimum Gasteiger partial charge on any atom is -0.337 e. The van der Waals surface area contributed by atoms with Crippen LogP contribution in [-0.2, 0) is 6.54 Å². The summed E-state index contributed by atoms with van der Waals surface area (Å²) >= 11 is 1.32. The Bertz CT molecular complexity index is 974. The molecule has 2 amide bonds. The number of carbonyl (C=O) groups is 2. The van der Waals surface area contributed by atoms with Crippen molar-refractivity contribution in [2.45, 2.75) is 6.54 Å². The van der Waals surface area contributed by atoms with Crippen LogP contribution in [0, 0.1) is 11.6 Å². The highest BCUT2D eigenvalue weighted by Gasteiger charge is 2.14. The van der Waals surface area contributed by atoms with Crippen molar-refractivity contribution in [2.24, 2.45) is 0 Å². The number of nitrogens with zero attached hydrogens (tertiary/aromatic N) is 1. The first-order valence-corrected chi connectivity index (χ1v) is 8.96. The third kappa shape index (κ3) is 4.57. The van der Waals surface area contributed by atoms with E-state index in [0.29, 0.717) is 21.7 Å². The maximum absolute atomic E-state index is 13.3. The molecular weight excluding hydrogens is 370 g/mol. The van der Waals surface area contributed by atoms with Gasteiger partial charge in [-0.05, 0) is 47.3 Å². The molecule has 1 aromatic heterocycles. The summed E-state index contributed by atoms with van der Waals surface area (Å²) in [5.41, 5.74) is 1.36. The summed E-state index contributed by atoms with van der Waals surface area (Å²) < 4.78 is 26.3. The number of rotatable bonds is 5. The first-order chi connectivity index (χ1) is 12.9. The Balaban J connectivity index is 1.70. The summed E-state index contributed by atoms with van der Waals surface area (Å²) in [6.07, 6.45) is 0. The highest BCUT2D eigenvalue weighted by Crippen LogP contribution is 2.17. The predicted octanol–water partition coefficient (Wildman–Crippen LogP) is 4.55. The fraction of sp³-hybridized carbons (Fsp3) is 0.100. The summed E-state index contributed by atoms with van der Waals surface area (Å²) in [7, 11) is 1.57. The smallest absolute Gasteiger partial charge is 0.265 e. The minimum atomic E-state index is -0.952. The first-order valence-electron chi connectivity index (χ1n) is 8.08. The number of halogens is 2. The standard InChI is InChI=1S/C20H16F2N2O2S/c1-24(12-13-7-8-16(21)17(22)10-13)20(26)14-4-2-5-15(11-14)23-19(25)18-6-3-9-27-18/h2-11H,12H2,1H3,(H,23,25). The van der Waals surface area contributed by atoms with Crippen LogP contribution in [0.3, 0.4) is 0 Å². The number of thiophene rings is 1. The molecule has 0 unspecified atom stereocenters. The third-order valence-electron chi connectivity index (χ3n) is 3.86. The summed E-state index contributed by atoms with van der Waals surface area (Å²) in [6, 6.07) is 13.6. The zero-order valence-electron chi connectivity index (χ0n) is 14.4. The van der Waals surface area contributed by atoms with Crippen molar-refractivity contribution in [3.05, 3.63) is 87.6 Å². The Hall–Kier alpha value is -3.06. The maximum Gasteiger partial charge on any atom is 0.265 e. The van der Waals surface area contributed by atoms with Crippen LogP contribution in [0.5, 0.6) is 0 Å². The van der Waals surface area contributed by atoms with E-state index in [-0.39, 0.29) is 18.4 Å². The lowest BCUT2D eigenvalue weighted by Gasteiger charge is -2.18. The van der Waals surface area contributed by atoms with Gasteiger partial charge in [0.05, 0.1) is 4.88 Å². The van der Waals surface area contributed by atoms with Crippen molar-refractivity contribution in [1.29, 1.82) is 0 Å². The normalized spacial score (nSPS) is 10.5. The Kier molecular flexibility index (Phi) is 5.61. The van der Waals surface area contributed by atoms with Crippen LogP contribution in [0.2, 0.25) is 0 Å². The molecule has 0 aliphatic heterocycles. The van der Waals surface area contributed by atoms with Gasteiger partial charge in [-0.25, -0.2) is 8.78 Å². The number of benzene rings is 2. The monoisotopic (exact) mass is 386 g/mol. The summed E-state index contributed by atoms with van der Waals surface area (Å²) in [5.74, 6) is -2.43. The van der Waals surface area contributed by atoms with E-state index >= 15 is 0 Å². The second-order valence-electron chi connectivity index (χ2n) is 5.92. The fourth-order valence-corrected chi connectivity index (χ4v) is 3.15. The highest BCUT2D eigenvalue weighted by molar-refractivity contribution is 7.12. The molecule has 0 bridgehead atoms. The van der Waals surface area contributed by atoms with Crippen LogP contribution in [0.25, 0.3) is 0 Å². The number of hydrogen-bond acceptors (Lipinski definition) is 3. The molecule has 3 aromatic rings. The van der Waals surface area contributed by atoms with Crippen molar-refractivity contribution in [1.82, 2.24) is 4.90 Å². The van der Waals surface area contributed by atoms with E-state index in [1.165, 1.54) is 22.3 Å². The first kappa shape index (κ1) is 18.7. The number of carbonyl (C=O) groups excluding carboxylic acids is 2. The molecule has 0 aliphatic carbocycles. The largest absolute Gasteiger partial charge is 0.337 e. The van der Waals surface area contributed by atoms with E-state index in [4.69, 9.17) is 0 Å². The van der Waals surface area contributed by atoms with Gasteiger partial charge >= 0.3 is 0 Å². The van der Waals surface area contributed by atoms with Gasteiger partial charge in [0.1, 0.15) is 0 Å². The SMILES string of the molecule is CN(Cc1ccc(F)c(F)c1)C(=O)c1cccc(NC(=O)c2cccs2)c1. The second kappa shape index (κ2) is 8.09. The van der Waals surface area contributed by atoms with Crippen LogP contribution < -0.4 is 5.32 Å². The van der Waals surface area contributed by atoms with Gasteiger partial charge in [-0.2, -0.15) is 0 Å². The average molecular weight is 386 g/mol. The molecule has 0 atom stereocenters. The zero-order valence-corrected chi connectivity index (χ0v) is 15.2. The van der Waals surface area contributed by atoms with Crippen molar-refractivity contribution in [3.63, 3.8) is 0 Å². The van der Waals surface area contributed by atoms with E-state index < -0.39 is 11.6 Å². The van der Waals surface area contributed by atoms with Gasteiger partial charge in [0.15, 0.2) is 11.6 Å². The minimum absolute atomic E-state index is 0.127. The molecule has 0 aliphatic rings. The Morgan fingerprint density at radius 1 is 1.04 bits per heavy atom. The van der Waals surface area contributed by atoms with Gasteiger partial charge in [-0.3, -0.25) is 9.59 Å². The van der Waals surface area contributed by atoms with Crippen LogP contribution in [-0.4, -0.2) is 23.8 Å². The molecule has 2 aromatic carbocycles. The van der Waals surface area contributed by atoms with Crippen LogP contribution in [0.1, 0.15) is 25.6 Å². The Labute approximate surface area is 159 Å². The lowest BCUT2D eigenvalue weighted by molar-refractivity contribution is 0.0784. The lowest BCUT2D eigenvalue weighted by atomic mass is 10.1. The maximum atomic E-state index is 13.3. The van der Waals surface area contributed by atoms with Gasteiger partial charge in [-0.1, -0.05) is 18.2 Å². The predicted molar refractivity (Wildman–Crippen MR) is 101 cm³/mol. The number of anilines is 1. The van der Waals surface area contributed by atoms with Crippen molar-refractivity contribution >= 4 is 28.8 Å². The average Bonchev–Trinajstić information content (AvgIpc) is 3.19. The molecular formula is C20H16F2N2O2S. The summed E-state index contributed by atoms with van der Waals surface area (Å²) in [5, 5.41) is 4.56. The van der Waals surface area contributed by atoms with E-state index in [1.807, 2.05) is 5.38 Å². The Morgan fingerprint density at radius 3 is 2.56 bits per heavy atom. The van der Waals surface area contributed by atoms with Gasteiger partial charge in [0.25, 0.3) is 11.8 Å². The van der Waals surface area contributed by atoms with Gasteiger partial charge in [0, 0.05) is 24.8 Å². The molecule has 0 radical (unpaired) electrons. The van der Waals surface area contributed by atoms with Gasteiger partial charge in [0.2, 0.25) is 0 Å². The molecule has 4 nitrogen and oxygen atoms in total. The highest BCUT2D eigenvalue weighted by atomic mass is 32.1. The molecule has 1 heterocycles. The summed E-state index contributed by atoms with van der Waals surface area (Å²) in [4.78, 5) is 26.7. The van der Waals surface area contributed by atoms with E-state index in [0.717, 1.165) is 12.1 Å². The third-order valence-corrected chi connectivity index (χ3v) is 4.73. The van der Waals surface area contributed by atoms with Crippen LogP contribution in [0.15, 0.2) is 60.0 Å². The Morgan fingerprint density at radius 2 is 1.85 bits per heavy atom. The fourth-order valence-electron chi connectivity index (χ4n) is 2.53. The molecule has 27 heavy (non-hydrogen) atoms. The molecule has 3 rings (SSSR count). The molecule has 0 saturated heterocycles. The van der Waals surface area contributed by atoms with Crippen LogP contribution in [0.4, 0.5) is 14.5 Å². The molecule has 0 saturated carbocycles. The van der Waals surface area contributed by atoms with E-state index in [1.54, 1.807) is 43.4 Å². The molecule has 0 spiro atoms. The van der Waals surface area contributed by atoms with E-state index in [2.05, 4.69) is 5.32 Å². The van der Waals surface area contributed by atoms with Gasteiger partial charge in [-0.15, -0.1) is 11.3 Å². The molecule has 1 N–H and O–H groups in total. The zero-order chi connectivity index (χ0) is 19.4. The summed E-state index contributed by atoms with van der Waals surface area (Å²) in [6.45, 7) is 0.127. The number of nitrogens with one attached hydrogen (secondary N) is 1. The van der Waals surface area contributed by atoms with Crippen molar-refractivity contribution in [3.8, 4) is 0 Å². The van der Waals surface area contributed by atoms with Crippen molar-refractivity contribution in [2.75, 3.05) is 12.4 Å². The van der Waals surface area contributed by atoms with Crippen molar-refractivity contribution < 1.29 is 18.4 Å². The molecule has 0 fully saturated rings. The quantitative estimate of drug-likeness (QED) is 0.699. The van der Waals surface area contributed by atoms with E-state index in [9.17, 15) is 18.4 Å². The second-order valence-corrected chi connectivity index (χ2v) is 6.87.